The Morgan fingerprint density at radius 1 is 1.46 bits per heavy atom. The van der Waals surface area contributed by atoms with Gasteiger partial charge in [-0.05, 0) is 6.92 Å². The van der Waals surface area contributed by atoms with Gasteiger partial charge in [0.15, 0.2) is 5.75 Å². The fourth-order valence-electron chi connectivity index (χ4n) is 0.971. The first kappa shape index (κ1) is 9.57. The Balaban J connectivity index is 3.26. The molecule has 1 aromatic rings. The molecule has 13 heavy (non-hydrogen) atoms. The zero-order valence-corrected chi connectivity index (χ0v) is 7.90. The van der Waals surface area contributed by atoms with Gasteiger partial charge >= 0.3 is 0 Å². The Bertz CT molecular complexity index is 346. The van der Waals surface area contributed by atoms with Crippen molar-refractivity contribution in [2.24, 2.45) is 0 Å². The molecule has 1 heterocycles. The molecule has 0 saturated carbocycles. The second-order valence-electron chi connectivity index (χ2n) is 2.38. The number of rotatable bonds is 3. The number of aryl methyl sites for hydroxylation is 1. The third-order valence-corrected chi connectivity index (χ3v) is 1.64. The van der Waals surface area contributed by atoms with E-state index in [0.717, 1.165) is 0 Å². The summed E-state index contributed by atoms with van der Waals surface area (Å²) in [5.74, 6) is 0.682. The average Bonchev–Trinajstić information content (AvgIpc) is 2.17. The first-order valence-electron chi connectivity index (χ1n) is 3.93. The Kier molecular flexibility index (Phi) is 2.89. The summed E-state index contributed by atoms with van der Waals surface area (Å²) in [7, 11) is 2.95. The second kappa shape index (κ2) is 3.93. The molecule has 0 saturated heterocycles. The van der Waals surface area contributed by atoms with Crippen molar-refractivity contribution in [3.8, 4) is 11.6 Å². The van der Waals surface area contributed by atoms with Crippen molar-refractivity contribution in [1.82, 2.24) is 9.78 Å². The van der Waals surface area contributed by atoms with Crippen LogP contribution in [0.25, 0.3) is 0 Å². The highest BCUT2D eigenvalue weighted by atomic mass is 16.5. The summed E-state index contributed by atoms with van der Waals surface area (Å²) in [6, 6.07) is 1.36. The van der Waals surface area contributed by atoms with Crippen molar-refractivity contribution in [3.05, 3.63) is 16.4 Å². The van der Waals surface area contributed by atoms with Crippen LogP contribution in [0.4, 0.5) is 0 Å². The van der Waals surface area contributed by atoms with E-state index in [4.69, 9.17) is 9.47 Å². The Morgan fingerprint density at radius 3 is 2.62 bits per heavy atom. The molecule has 0 unspecified atom stereocenters. The zero-order valence-electron chi connectivity index (χ0n) is 7.90. The van der Waals surface area contributed by atoms with Gasteiger partial charge in [-0.2, -0.15) is 0 Å². The van der Waals surface area contributed by atoms with Crippen molar-refractivity contribution in [2.75, 3.05) is 14.2 Å². The average molecular weight is 184 g/mol. The van der Waals surface area contributed by atoms with Gasteiger partial charge in [0.2, 0.25) is 0 Å². The van der Waals surface area contributed by atoms with Crippen LogP contribution in [-0.2, 0) is 6.54 Å². The number of aromatic nitrogens is 2. The van der Waals surface area contributed by atoms with E-state index in [1.165, 1.54) is 25.0 Å². The van der Waals surface area contributed by atoms with Gasteiger partial charge < -0.3 is 9.47 Å². The van der Waals surface area contributed by atoms with E-state index in [-0.39, 0.29) is 5.56 Å². The maximum atomic E-state index is 11.3. The Hall–Kier alpha value is -1.52. The van der Waals surface area contributed by atoms with E-state index in [1.54, 1.807) is 0 Å². The Labute approximate surface area is 75.9 Å². The number of ether oxygens (including phenoxy) is 2. The summed E-state index contributed by atoms with van der Waals surface area (Å²) in [5, 5.41) is 3.94. The first-order chi connectivity index (χ1) is 6.22. The number of hydrogen-bond acceptors (Lipinski definition) is 4. The third kappa shape index (κ3) is 1.80. The molecule has 5 heteroatoms. The molecule has 0 bridgehead atoms. The molecule has 0 aliphatic carbocycles. The maximum absolute atomic E-state index is 11.3. The van der Waals surface area contributed by atoms with Crippen LogP contribution in [0.2, 0.25) is 0 Å². The molecule has 5 nitrogen and oxygen atoms in total. The van der Waals surface area contributed by atoms with Gasteiger partial charge in [0.1, 0.15) is 0 Å². The van der Waals surface area contributed by atoms with E-state index < -0.39 is 0 Å². The molecule has 72 valence electrons. The monoisotopic (exact) mass is 184 g/mol. The lowest BCUT2D eigenvalue weighted by atomic mass is 10.5. The van der Waals surface area contributed by atoms with Gasteiger partial charge in [0, 0.05) is 6.54 Å². The SMILES string of the molecule is CCn1nc(OC)c(OC)cc1=O. The van der Waals surface area contributed by atoms with Crippen LogP contribution < -0.4 is 15.0 Å². The van der Waals surface area contributed by atoms with Crippen LogP contribution in [0.3, 0.4) is 0 Å². The van der Waals surface area contributed by atoms with Crippen LogP contribution in [0, 0.1) is 0 Å². The normalized spacial score (nSPS) is 9.77. The van der Waals surface area contributed by atoms with Crippen LogP contribution >= 0.6 is 0 Å². The molecule has 1 rings (SSSR count). The predicted octanol–water partition coefficient (Wildman–Crippen LogP) is 0.280. The van der Waals surface area contributed by atoms with Crippen molar-refractivity contribution in [1.29, 1.82) is 0 Å². The summed E-state index contributed by atoms with van der Waals surface area (Å²) in [4.78, 5) is 11.3. The van der Waals surface area contributed by atoms with Crippen LogP contribution in [-0.4, -0.2) is 24.0 Å². The minimum Gasteiger partial charge on any atom is -0.491 e. The summed E-state index contributed by atoms with van der Waals surface area (Å²) >= 11 is 0. The second-order valence-corrected chi connectivity index (χ2v) is 2.38. The lowest BCUT2D eigenvalue weighted by molar-refractivity contribution is 0.327. The van der Waals surface area contributed by atoms with E-state index in [9.17, 15) is 4.79 Å². The molecule has 0 N–H and O–H groups in total. The highest BCUT2D eigenvalue weighted by molar-refractivity contribution is 5.30. The smallest absolute Gasteiger partial charge is 0.274 e. The summed E-state index contributed by atoms with van der Waals surface area (Å²) < 4.78 is 11.2. The van der Waals surface area contributed by atoms with Gasteiger partial charge in [-0.1, -0.05) is 0 Å². The van der Waals surface area contributed by atoms with Crippen LogP contribution in [0.15, 0.2) is 10.9 Å². The molecule has 0 radical (unpaired) electrons. The molecule has 1 aromatic heterocycles. The zero-order chi connectivity index (χ0) is 9.84. The van der Waals surface area contributed by atoms with Crippen molar-refractivity contribution in [3.63, 3.8) is 0 Å². The fourth-order valence-corrected chi connectivity index (χ4v) is 0.971. The summed E-state index contributed by atoms with van der Waals surface area (Å²) in [6.45, 7) is 2.35. The third-order valence-electron chi connectivity index (χ3n) is 1.64. The highest BCUT2D eigenvalue weighted by Crippen LogP contribution is 2.19. The lowest BCUT2D eigenvalue weighted by Gasteiger charge is -2.07. The van der Waals surface area contributed by atoms with Gasteiger partial charge in [-0.25, -0.2) is 4.68 Å². The Morgan fingerprint density at radius 2 is 2.15 bits per heavy atom. The fraction of sp³-hybridized carbons (Fsp3) is 0.500. The topological polar surface area (TPSA) is 53.4 Å². The maximum Gasteiger partial charge on any atom is 0.274 e. The number of methoxy groups -OCH3 is 2. The molecular formula is C8H12N2O3. The van der Waals surface area contributed by atoms with Gasteiger partial charge in [-0.3, -0.25) is 4.79 Å². The van der Waals surface area contributed by atoms with Gasteiger partial charge in [0.05, 0.1) is 20.3 Å². The first-order valence-corrected chi connectivity index (χ1v) is 3.93. The van der Waals surface area contributed by atoms with Crippen molar-refractivity contribution in [2.45, 2.75) is 13.5 Å². The molecule has 0 aliphatic rings. The lowest BCUT2D eigenvalue weighted by Crippen LogP contribution is -2.21. The highest BCUT2D eigenvalue weighted by Gasteiger charge is 2.07. The largest absolute Gasteiger partial charge is 0.491 e. The number of nitrogens with zero attached hydrogens (tertiary/aromatic N) is 2. The minimum absolute atomic E-state index is 0.194. The molecule has 0 atom stereocenters. The molecule has 0 fully saturated rings. The van der Waals surface area contributed by atoms with Gasteiger partial charge in [-0.15, -0.1) is 5.10 Å². The molecular weight excluding hydrogens is 172 g/mol. The van der Waals surface area contributed by atoms with Crippen molar-refractivity contribution >= 4 is 0 Å². The van der Waals surface area contributed by atoms with E-state index >= 15 is 0 Å². The summed E-state index contributed by atoms with van der Waals surface area (Å²) in [5.41, 5.74) is -0.194. The van der Waals surface area contributed by atoms with E-state index in [0.29, 0.717) is 18.2 Å². The number of hydrogen-bond donors (Lipinski definition) is 0. The quantitative estimate of drug-likeness (QED) is 0.677. The minimum atomic E-state index is -0.194. The predicted molar refractivity (Wildman–Crippen MR) is 47.3 cm³/mol. The van der Waals surface area contributed by atoms with Crippen LogP contribution in [0.5, 0.6) is 11.6 Å². The molecule has 0 spiro atoms. The van der Waals surface area contributed by atoms with Gasteiger partial charge in [0.25, 0.3) is 11.4 Å². The molecule has 0 aromatic carbocycles. The van der Waals surface area contributed by atoms with Crippen molar-refractivity contribution < 1.29 is 9.47 Å². The van der Waals surface area contributed by atoms with Crippen LogP contribution in [0.1, 0.15) is 6.92 Å². The molecule has 0 aliphatic heterocycles. The van der Waals surface area contributed by atoms with E-state index in [2.05, 4.69) is 5.10 Å². The van der Waals surface area contributed by atoms with E-state index in [1.807, 2.05) is 6.92 Å². The standard InChI is InChI=1S/C8H12N2O3/c1-4-10-7(11)5-6(12-2)8(9-10)13-3/h5H,4H2,1-3H3. The summed E-state index contributed by atoms with van der Waals surface area (Å²) in [6.07, 6.45) is 0. The molecule has 0 amide bonds.